The van der Waals surface area contributed by atoms with Crippen molar-refractivity contribution in [1.82, 2.24) is 9.13 Å². The maximum Gasteiger partial charge on any atom is 0.0645 e. The van der Waals surface area contributed by atoms with Crippen LogP contribution in [0.15, 0.2) is 158 Å². The minimum absolute atomic E-state index is 0.137. The van der Waals surface area contributed by atoms with Gasteiger partial charge in [0.15, 0.2) is 0 Å². The van der Waals surface area contributed by atoms with E-state index in [1.54, 1.807) is 0 Å². The largest absolute Gasteiger partial charge is 0.309 e. The Kier molecular flexibility index (Phi) is 3.90. The molecule has 7 aromatic carbocycles. The van der Waals surface area contributed by atoms with Crippen molar-refractivity contribution in [3.8, 4) is 11.4 Å². The standard InChI is InChI=1S/C44H28N2/c1-2-12-27(13-3-1)45-37-20-10-8-14-29(37)36-26-28(22-24-39(36)45)46-38-21-11-9-19-34(38)43-40(46)25-23-35-41-30-15-4-6-17-32(30)42(44(35)43)33-18-7-5-16-31(33)41/h1-26,41-42H/i1D,2D,3D,12D,13D. The van der Waals surface area contributed by atoms with Crippen LogP contribution in [0.25, 0.3) is 55.0 Å². The van der Waals surface area contributed by atoms with E-state index in [1.165, 1.54) is 44.2 Å². The lowest BCUT2D eigenvalue weighted by Crippen LogP contribution is -2.27. The highest BCUT2D eigenvalue weighted by Gasteiger charge is 2.42. The van der Waals surface area contributed by atoms with Gasteiger partial charge < -0.3 is 9.13 Å². The number of benzene rings is 7. The average molecular weight is 590 g/mol. The third-order valence-corrected chi connectivity index (χ3v) is 10.4. The summed E-state index contributed by atoms with van der Waals surface area (Å²) in [4.78, 5) is 0. The molecule has 2 nitrogen and oxygen atoms in total. The van der Waals surface area contributed by atoms with Crippen molar-refractivity contribution < 1.29 is 6.85 Å². The zero-order chi connectivity index (χ0) is 34.3. The monoisotopic (exact) mass is 589 g/mol. The van der Waals surface area contributed by atoms with Crippen LogP contribution in [0.4, 0.5) is 0 Å². The highest BCUT2D eigenvalue weighted by atomic mass is 15.0. The second-order valence-corrected chi connectivity index (χ2v) is 12.5. The van der Waals surface area contributed by atoms with Crippen LogP contribution in [0.2, 0.25) is 0 Å². The van der Waals surface area contributed by atoms with E-state index in [4.69, 9.17) is 6.85 Å². The minimum Gasteiger partial charge on any atom is -0.309 e. The Balaban J connectivity index is 1.21. The first-order valence-corrected chi connectivity index (χ1v) is 15.8. The summed E-state index contributed by atoms with van der Waals surface area (Å²) >= 11 is 0. The highest BCUT2D eigenvalue weighted by Crippen LogP contribution is 2.58. The zero-order valence-electron chi connectivity index (χ0n) is 29.7. The number of aromatic nitrogens is 2. The van der Waals surface area contributed by atoms with E-state index in [-0.39, 0.29) is 41.7 Å². The molecule has 3 aliphatic carbocycles. The number of hydrogen-bond donors (Lipinski definition) is 0. The van der Waals surface area contributed by atoms with Gasteiger partial charge in [0.1, 0.15) is 0 Å². The first-order valence-electron chi connectivity index (χ1n) is 18.3. The SMILES string of the molecule is [2H]c1c([2H])c([2H])c(-n2c3ccccc3c3cc(-n4c5ccccc5c5c6c(ccc54)C4c5ccccc5C6c5ccccc54)ccc32)c([2H])c1[2H]. The van der Waals surface area contributed by atoms with Gasteiger partial charge in [0, 0.05) is 44.8 Å². The summed E-state index contributed by atoms with van der Waals surface area (Å²) in [6.07, 6.45) is 0. The van der Waals surface area contributed by atoms with Crippen LogP contribution in [0, 0.1) is 0 Å². The van der Waals surface area contributed by atoms with Gasteiger partial charge >= 0.3 is 0 Å². The number of para-hydroxylation sites is 3. The Labute approximate surface area is 273 Å². The molecule has 46 heavy (non-hydrogen) atoms. The molecule has 2 heterocycles. The highest BCUT2D eigenvalue weighted by molar-refractivity contribution is 6.14. The lowest BCUT2D eigenvalue weighted by molar-refractivity contribution is 0.761. The molecule has 0 N–H and O–H groups in total. The summed E-state index contributed by atoms with van der Waals surface area (Å²) in [6.45, 7) is 0. The van der Waals surface area contributed by atoms with E-state index >= 15 is 0 Å². The van der Waals surface area contributed by atoms with E-state index in [1.807, 2.05) is 34.9 Å². The summed E-state index contributed by atoms with van der Waals surface area (Å²) in [5.74, 6) is 0.325. The molecule has 2 aromatic heterocycles. The molecule has 0 aliphatic heterocycles. The number of nitrogens with zero attached hydrogens (tertiary/aromatic N) is 2. The molecule has 3 aliphatic rings. The fourth-order valence-corrected chi connectivity index (χ4v) is 8.69. The first kappa shape index (κ1) is 20.2. The smallest absolute Gasteiger partial charge is 0.0645 e. The predicted molar refractivity (Wildman–Crippen MR) is 190 cm³/mol. The van der Waals surface area contributed by atoms with Crippen molar-refractivity contribution in [3.63, 3.8) is 0 Å². The summed E-state index contributed by atoms with van der Waals surface area (Å²) in [5, 5.41) is 4.39. The van der Waals surface area contributed by atoms with Crippen LogP contribution in [-0.4, -0.2) is 9.13 Å². The maximum atomic E-state index is 8.80. The van der Waals surface area contributed by atoms with Crippen molar-refractivity contribution in [3.05, 3.63) is 191 Å². The summed E-state index contributed by atoms with van der Waals surface area (Å²) in [7, 11) is 0. The molecule has 0 amide bonds. The van der Waals surface area contributed by atoms with Crippen LogP contribution in [-0.2, 0) is 0 Å². The Morgan fingerprint density at radius 2 is 0.957 bits per heavy atom. The fraction of sp³-hybridized carbons (Fsp3) is 0.0455. The lowest BCUT2D eigenvalue weighted by Gasteiger charge is -2.42. The number of rotatable bonds is 2. The second kappa shape index (κ2) is 8.87. The van der Waals surface area contributed by atoms with Gasteiger partial charge in [-0.25, -0.2) is 0 Å². The van der Waals surface area contributed by atoms with Crippen LogP contribution in [0.3, 0.4) is 0 Å². The van der Waals surface area contributed by atoms with Crippen molar-refractivity contribution in [2.45, 2.75) is 11.8 Å². The van der Waals surface area contributed by atoms with E-state index in [2.05, 4.69) is 102 Å². The molecule has 0 saturated carbocycles. The number of fused-ring (bicyclic) bond motifs is 6. The fourth-order valence-electron chi connectivity index (χ4n) is 8.69. The van der Waals surface area contributed by atoms with Crippen molar-refractivity contribution in [1.29, 1.82) is 0 Å². The van der Waals surface area contributed by atoms with Gasteiger partial charge in [-0.3, -0.25) is 0 Å². The normalized spacial score (nSPS) is 17.8. The van der Waals surface area contributed by atoms with E-state index in [9.17, 15) is 0 Å². The van der Waals surface area contributed by atoms with Crippen LogP contribution in [0.1, 0.15) is 52.1 Å². The topological polar surface area (TPSA) is 9.86 Å². The van der Waals surface area contributed by atoms with E-state index in [0.717, 1.165) is 38.5 Å². The molecule has 9 aromatic rings. The van der Waals surface area contributed by atoms with E-state index in [0.29, 0.717) is 0 Å². The molecule has 0 radical (unpaired) electrons. The van der Waals surface area contributed by atoms with Crippen LogP contribution < -0.4 is 0 Å². The van der Waals surface area contributed by atoms with Gasteiger partial charge in [0.25, 0.3) is 0 Å². The second-order valence-electron chi connectivity index (χ2n) is 12.5. The molecular weight excluding hydrogens is 556 g/mol. The van der Waals surface area contributed by atoms with Gasteiger partial charge in [-0.1, -0.05) is 109 Å². The molecule has 0 saturated heterocycles. The molecule has 214 valence electrons. The van der Waals surface area contributed by atoms with Gasteiger partial charge in [0.2, 0.25) is 0 Å². The lowest BCUT2D eigenvalue weighted by atomic mass is 9.60. The Hall–Kier alpha value is -5.86. The molecule has 0 atom stereocenters. The van der Waals surface area contributed by atoms with Crippen molar-refractivity contribution in [2.24, 2.45) is 0 Å². The first-order chi connectivity index (χ1) is 24.9. The molecule has 0 fully saturated rings. The maximum absolute atomic E-state index is 8.80. The van der Waals surface area contributed by atoms with Gasteiger partial charge in [0.05, 0.1) is 28.9 Å². The van der Waals surface area contributed by atoms with Crippen molar-refractivity contribution in [2.75, 3.05) is 0 Å². The minimum atomic E-state index is -0.398. The summed E-state index contributed by atoms with van der Waals surface area (Å²) in [6, 6.07) is 43.9. The quantitative estimate of drug-likeness (QED) is 0.190. The molecule has 12 rings (SSSR count). The van der Waals surface area contributed by atoms with Crippen LogP contribution in [0.5, 0.6) is 0 Å². The molecule has 0 unspecified atom stereocenters. The van der Waals surface area contributed by atoms with Gasteiger partial charge in [-0.15, -0.1) is 0 Å². The van der Waals surface area contributed by atoms with Crippen molar-refractivity contribution >= 4 is 43.6 Å². The Bertz CT molecular complexity index is 2930. The average Bonchev–Trinajstić information content (AvgIpc) is 3.69. The third-order valence-electron chi connectivity index (χ3n) is 10.4. The molecule has 2 bridgehead atoms. The molecular formula is C44H28N2. The zero-order valence-corrected chi connectivity index (χ0v) is 24.7. The summed E-state index contributed by atoms with van der Waals surface area (Å²) < 4.78 is 46.7. The van der Waals surface area contributed by atoms with E-state index < -0.39 is 6.04 Å². The Morgan fingerprint density at radius 1 is 0.413 bits per heavy atom. The van der Waals surface area contributed by atoms with Crippen LogP contribution >= 0.6 is 0 Å². The number of hydrogen-bond acceptors (Lipinski definition) is 0. The molecule has 2 heteroatoms. The van der Waals surface area contributed by atoms with Gasteiger partial charge in [-0.2, -0.15) is 0 Å². The van der Waals surface area contributed by atoms with Gasteiger partial charge in [-0.05, 0) is 81.9 Å². The Morgan fingerprint density at radius 3 is 1.67 bits per heavy atom. The molecule has 0 spiro atoms. The summed E-state index contributed by atoms with van der Waals surface area (Å²) in [5.41, 5.74) is 13.3. The predicted octanol–water partition coefficient (Wildman–Crippen LogP) is 10.9. The third kappa shape index (κ3) is 3.01.